The number of Topliss-reactive ketones (excluding diaryl/α,β-unsaturated/α-hetero) is 1. The van der Waals surface area contributed by atoms with Crippen molar-refractivity contribution >= 4 is 5.78 Å². The molecule has 0 aliphatic carbocycles. The van der Waals surface area contributed by atoms with Gasteiger partial charge in [-0.2, -0.15) is 0 Å². The monoisotopic (exact) mass is 262 g/mol. The molecule has 3 aliphatic heterocycles. The summed E-state index contributed by atoms with van der Waals surface area (Å²) in [7, 11) is 0. The van der Waals surface area contributed by atoms with Gasteiger partial charge in [0.25, 0.3) is 0 Å². The highest BCUT2D eigenvalue weighted by Gasteiger charge is 2.54. The number of hydrogen-bond acceptors (Lipinski definition) is 4. The van der Waals surface area contributed by atoms with Gasteiger partial charge in [0, 0.05) is 11.8 Å². The van der Waals surface area contributed by atoms with E-state index < -0.39 is 5.97 Å². The fraction of sp³-hybridized carbons (Fsp3) is 0.533. The molecule has 0 amide bonds. The van der Waals surface area contributed by atoms with Gasteiger partial charge in [-0.15, -0.1) is 0 Å². The van der Waals surface area contributed by atoms with Gasteiger partial charge in [0.15, 0.2) is 0 Å². The Morgan fingerprint density at radius 3 is 2.32 bits per heavy atom. The Morgan fingerprint density at radius 2 is 1.74 bits per heavy atom. The Kier molecular flexibility index (Phi) is 2.96. The van der Waals surface area contributed by atoms with Crippen LogP contribution in [0, 0.1) is 12.3 Å². The molecule has 1 aromatic rings. The van der Waals surface area contributed by atoms with E-state index in [0.717, 1.165) is 11.1 Å². The van der Waals surface area contributed by atoms with Crippen LogP contribution in [-0.2, 0) is 25.4 Å². The fourth-order valence-corrected chi connectivity index (χ4v) is 2.39. The number of hydrogen-bond donors (Lipinski definition) is 0. The summed E-state index contributed by atoms with van der Waals surface area (Å²) in [4.78, 5) is 12.4. The molecule has 0 spiro atoms. The molecule has 3 fully saturated rings. The highest BCUT2D eigenvalue weighted by Crippen LogP contribution is 2.38. The van der Waals surface area contributed by atoms with Gasteiger partial charge in [-0.3, -0.25) is 4.79 Å². The number of ketones is 1. The van der Waals surface area contributed by atoms with Crippen molar-refractivity contribution in [2.24, 2.45) is 5.41 Å². The Labute approximate surface area is 112 Å². The van der Waals surface area contributed by atoms with E-state index in [1.165, 1.54) is 0 Å². The second kappa shape index (κ2) is 4.40. The summed E-state index contributed by atoms with van der Waals surface area (Å²) in [6.45, 7) is 5.54. The van der Waals surface area contributed by atoms with Crippen LogP contribution in [0.5, 0.6) is 0 Å². The molecule has 3 heterocycles. The van der Waals surface area contributed by atoms with Crippen molar-refractivity contribution in [1.29, 1.82) is 0 Å². The lowest BCUT2D eigenvalue weighted by atomic mass is 9.91. The molecule has 0 aromatic heterocycles. The molecule has 0 N–H and O–H groups in total. The van der Waals surface area contributed by atoms with E-state index in [1.54, 1.807) is 0 Å². The number of benzene rings is 1. The maximum atomic E-state index is 12.4. The van der Waals surface area contributed by atoms with E-state index in [4.69, 9.17) is 14.2 Å². The second-order valence-electron chi connectivity index (χ2n) is 5.76. The number of aryl methyl sites for hydroxylation is 1. The van der Waals surface area contributed by atoms with Gasteiger partial charge in [0.2, 0.25) is 5.78 Å². The van der Waals surface area contributed by atoms with Crippen molar-refractivity contribution in [3.8, 4) is 0 Å². The number of ether oxygens (including phenoxy) is 3. The highest BCUT2D eigenvalue weighted by atomic mass is 16.9. The quantitative estimate of drug-likeness (QED) is 0.834. The largest absolute Gasteiger partial charge is 0.347 e. The lowest BCUT2D eigenvalue weighted by molar-refractivity contribution is -0.439. The summed E-state index contributed by atoms with van der Waals surface area (Å²) in [5, 5.41) is 0. The zero-order chi connectivity index (χ0) is 13.5. The van der Waals surface area contributed by atoms with Crippen LogP contribution in [0.25, 0.3) is 0 Å². The predicted molar refractivity (Wildman–Crippen MR) is 68.6 cm³/mol. The van der Waals surface area contributed by atoms with E-state index in [2.05, 4.69) is 0 Å². The highest BCUT2D eigenvalue weighted by molar-refractivity contribution is 5.87. The summed E-state index contributed by atoms with van der Waals surface area (Å²) < 4.78 is 16.6. The molecule has 19 heavy (non-hydrogen) atoms. The van der Waals surface area contributed by atoms with E-state index >= 15 is 0 Å². The van der Waals surface area contributed by atoms with Crippen molar-refractivity contribution in [3.63, 3.8) is 0 Å². The molecule has 102 valence electrons. The van der Waals surface area contributed by atoms with Gasteiger partial charge in [-0.1, -0.05) is 31.2 Å². The first-order valence-corrected chi connectivity index (χ1v) is 6.53. The zero-order valence-electron chi connectivity index (χ0n) is 11.3. The van der Waals surface area contributed by atoms with Crippen LogP contribution < -0.4 is 0 Å². The van der Waals surface area contributed by atoms with Gasteiger partial charge in [0.1, 0.15) is 0 Å². The molecular formula is C15H18O4. The van der Waals surface area contributed by atoms with Crippen LogP contribution in [0.3, 0.4) is 0 Å². The Hall–Kier alpha value is -1.23. The van der Waals surface area contributed by atoms with Gasteiger partial charge < -0.3 is 14.2 Å². The van der Waals surface area contributed by atoms with E-state index in [0.29, 0.717) is 19.8 Å². The SMILES string of the molecule is Cc1ccccc1CC(=O)C12OCC(C)(CO1)CO2. The van der Waals surface area contributed by atoms with Gasteiger partial charge in [0.05, 0.1) is 19.8 Å². The lowest BCUT2D eigenvalue weighted by Crippen LogP contribution is -2.62. The predicted octanol–water partition coefficient (Wildman–Crippen LogP) is 1.84. The third kappa shape index (κ3) is 2.20. The molecular weight excluding hydrogens is 244 g/mol. The third-order valence-electron chi connectivity index (χ3n) is 3.79. The second-order valence-corrected chi connectivity index (χ2v) is 5.76. The number of carbonyl (C=O) groups excluding carboxylic acids is 1. The molecule has 4 rings (SSSR count). The lowest BCUT2D eigenvalue weighted by Gasteiger charge is -2.49. The maximum Gasteiger partial charge on any atom is 0.347 e. The van der Waals surface area contributed by atoms with Crippen LogP contribution in [0.2, 0.25) is 0 Å². The average Bonchev–Trinajstić information content (AvgIpc) is 2.42. The maximum absolute atomic E-state index is 12.4. The molecule has 0 saturated carbocycles. The normalized spacial score (nSPS) is 33.4. The zero-order valence-corrected chi connectivity index (χ0v) is 11.3. The van der Waals surface area contributed by atoms with E-state index in [-0.39, 0.29) is 17.6 Å². The molecule has 0 radical (unpaired) electrons. The van der Waals surface area contributed by atoms with Gasteiger partial charge in [-0.25, -0.2) is 0 Å². The Bertz CT molecular complexity index is 484. The molecule has 4 heteroatoms. The summed E-state index contributed by atoms with van der Waals surface area (Å²) >= 11 is 0. The summed E-state index contributed by atoms with van der Waals surface area (Å²) in [6.07, 6.45) is 0.267. The molecule has 0 unspecified atom stereocenters. The van der Waals surface area contributed by atoms with Crippen molar-refractivity contribution in [2.45, 2.75) is 26.2 Å². The molecule has 3 aliphatic rings. The van der Waals surface area contributed by atoms with Crippen LogP contribution in [0.4, 0.5) is 0 Å². The van der Waals surface area contributed by atoms with Crippen LogP contribution in [0.15, 0.2) is 24.3 Å². The van der Waals surface area contributed by atoms with Gasteiger partial charge >= 0.3 is 5.97 Å². The van der Waals surface area contributed by atoms with Crippen molar-refractivity contribution < 1.29 is 19.0 Å². The number of fused-ring (bicyclic) bond motifs is 3. The summed E-state index contributed by atoms with van der Waals surface area (Å²) in [5.41, 5.74) is 1.95. The Balaban J connectivity index is 1.76. The topological polar surface area (TPSA) is 44.8 Å². The smallest absolute Gasteiger partial charge is 0.320 e. The minimum Gasteiger partial charge on any atom is -0.320 e. The minimum atomic E-state index is -1.47. The molecule has 2 bridgehead atoms. The van der Waals surface area contributed by atoms with Crippen molar-refractivity contribution in [3.05, 3.63) is 35.4 Å². The summed E-state index contributed by atoms with van der Waals surface area (Å²) in [5.74, 6) is -1.64. The third-order valence-corrected chi connectivity index (χ3v) is 3.79. The first-order chi connectivity index (χ1) is 9.03. The van der Waals surface area contributed by atoms with Crippen LogP contribution in [0.1, 0.15) is 18.1 Å². The van der Waals surface area contributed by atoms with Crippen molar-refractivity contribution in [2.75, 3.05) is 19.8 Å². The van der Waals surface area contributed by atoms with E-state index in [9.17, 15) is 4.79 Å². The first kappa shape index (κ1) is 12.8. The van der Waals surface area contributed by atoms with E-state index in [1.807, 2.05) is 38.1 Å². The standard InChI is InChI=1S/C15H18O4/c1-11-5-3-4-6-12(11)7-13(16)15-17-8-14(2,9-18-15)10-19-15/h3-6H,7-10H2,1-2H3. The molecule has 0 atom stereocenters. The number of rotatable bonds is 3. The number of carbonyl (C=O) groups is 1. The molecule has 1 aromatic carbocycles. The molecule has 3 saturated heterocycles. The minimum absolute atomic E-state index is 0.120. The Morgan fingerprint density at radius 1 is 1.16 bits per heavy atom. The van der Waals surface area contributed by atoms with Gasteiger partial charge in [-0.05, 0) is 18.1 Å². The van der Waals surface area contributed by atoms with Crippen molar-refractivity contribution in [1.82, 2.24) is 0 Å². The molecule has 4 nitrogen and oxygen atoms in total. The fourth-order valence-electron chi connectivity index (χ4n) is 2.39. The summed E-state index contributed by atoms with van der Waals surface area (Å²) in [6, 6.07) is 7.81. The van der Waals surface area contributed by atoms with Crippen LogP contribution >= 0.6 is 0 Å². The average molecular weight is 262 g/mol. The first-order valence-electron chi connectivity index (χ1n) is 6.53. The van der Waals surface area contributed by atoms with Crippen LogP contribution in [-0.4, -0.2) is 31.6 Å².